The van der Waals surface area contributed by atoms with Gasteiger partial charge in [-0.05, 0) is 50.9 Å². The van der Waals surface area contributed by atoms with Crippen LogP contribution in [0.5, 0.6) is 0 Å². The second-order valence-electron chi connectivity index (χ2n) is 7.51. The summed E-state index contributed by atoms with van der Waals surface area (Å²) in [5.41, 5.74) is 1.58. The highest BCUT2D eigenvalue weighted by atomic mass is 32.2. The molecule has 27 heavy (non-hydrogen) atoms. The summed E-state index contributed by atoms with van der Waals surface area (Å²) in [6, 6.07) is 7.47. The van der Waals surface area contributed by atoms with Crippen molar-refractivity contribution < 1.29 is 12.8 Å². The van der Waals surface area contributed by atoms with E-state index in [-0.39, 0.29) is 0 Å². The molecule has 0 bridgehead atoms. The van der Waals surface area contributed by atoms with Gasteiger partial charge in [-0.15, -0.1) is 0 Å². The molecule has 0 N–H and O–H groups in total. The van der Waals surface area contributed by atoms with Crippen molar-refractivity contribution in [3.63, 3.8) is 0 Å². The van der Waals surface area contributed by atoms with E-state index < -0.39 is 10.0 Å². The molecule has 6 nitrogen and oxygen atoms in total. The second-order valence-corrected chi connectivity index (χ2v) is 9.45. The molecule has 1 aromatic heterocycles. The molecule has 3 heterocycles. The van der Waals surface area contributed by atoms with Crippen molar-refractivity contribution >= 4 is 10.0 Å². The summed E-state index contributed by atoms with van der Waals surface area (Å²) in [5.74, 6) is 0.596. The monoisotopic (exact) mass is 389 g/mol. The third-order valence-electron chi connectivity index (χ3n) is 5.74. The lowest BCUT2D eigenvalue weighted by Crippen LogP contribution is -2.48. The Balaban J connectivity index is 1.42. The summed E-state index contributed by atoms with van der Waals surface area (Å²) in [4.78, 5) is 7.19. The minimum Gasteiger partial charge on any atom is -0.449 e. The van der Waals surface area contributed by atoms with E-state index in [9.17, 15) is 8.42 Å². The zero-order valence-corrected chi connectivity index (χ0v) is 16.6. The Hall–Kier alpha value is -1.70. The Kier molecular flexibility index (Phi) is 5.34. The van der Waals surface area contributed by atoms with Crippen molar-refractivity contribution in [3.05, 3.63) is 36.4 Å². The average Bonchev–Trinajstić information content (AvgIpc) is 3.15. The SMILES string of the molecule is Cc1nc(-c2ccc(S(=O)(=O)N3CCC(N4CCCCC4)CC3)cc2)co1. The first-order valence-corrected chi connectivity index (χ1v) is 11.2. The van der Waals surface area contributed by atoms with Crippen LogP contribution in [0.25, 0.3) is 11.3 Å². The predicted molar refractivity (Wildman–Crippen MR) is 104 cm³/mol. The van der Waals surface area contributed by atoms with E-state index >= 15 is 0 Å². The molecule has 2 saturated heterocycles. The maximum Gasteiger partial charge on any atom is 0.243 e. The van der Waals surface area contributed by atoms with Crippen LogP contribution in [0.2, 0.25) is 0 Å². The van der Waals surface area contributed by atoms with Crippen LogP contribution in [0.1, 0.15) is 38.0 Å². The van der Waals surface area contributed by atoms with Crippen LogP contribution in [0.3, 0.4) is 0 Å². The van der Waals surface area contributed by atoms with Gasteiger partial charge in [-0.3, -0.25) is 0 Å². The van der Waals surface area contributed by atoms with Crippen molar-refractivity contribution in [2.45, 2.75) is 50.0 Å². The van der Waals surface area contributed by atoms with Gasteiger partial charge in [0.2, 0.25) is 10.0 Å². The van der Waals surface area contributed by atoms with Crippen molar-refractivity contribution in [2.24, 2.45) is 0 Å². The normalized spacial score (nSPS) is 20.8. The summed E-state index contributed by atoms with van der Waals surface area (Å²) in [6.45, 7) is 5.33. The predicted octanol–water partition coefficient (Wildman–Crippen LogP) is 3.29. The molecule has 4 rings (SSSR count). The molecule has 0 aliphatic carbocycles. The van der Waals surface area contributed by atoms with E-state index in [2.05, 4.69) is 9.88 Å². The molecule has 2 fully saturated rings. The van der Waals surface area contributed by atoms with Crippen LogP contribution in [0.15, 0.2) is 39.8 Å². The lowest BCUT2D eigenvalue weighted by atomic mass is 10.0. The van der Waals surface area contributed by atoms with Gasteiger partial charge in [0.05, 0.1) is 4.90 Å². The number of sulfonamides is 1. The molecule has 0 radical (unpaired) electrons. The zero-order valence-electron chi connectivity index (χ0n) is 15.8. The van der Waals surface area contributed by atoms with Gasteiger partial charge in [0, 0.05) is 31.6 Å². The van der Waals surface area contributed by atoms with Crippen molar-refractivity contribution in [1.82, 2.24) is 14.2 Å². The fourth-order valence-electron chi connectivity index (χ4n) is 4.17. The van der Waals surface area contributed by atoms with Crippen LogP contribution < -0.4 is 0 Å². The summed E-state index contributed by atoms with van der Waals surface area (Å²) >= 11 is 0. The molecule has 0 saturated carbocycles. The Morgan fingerprint density at radius 1 is 1.00 bits per heavy atom. The zero-order chi connectivity index (χ0) is 18.9. The maximum atomic E-state index is 13.0. The van der Waals surface area contributed by atoms with E-state index in [0.29, 0.717) is 29.9 Å². The molecule has 0 atom stereocenters. The molecule has 1 aromatic carbocycles. The standard InChI is InChI=1S/C20H27N3O3S/c1-16-21-20(15-26-16)17-5-7-19(8-6-17)27(24,25)23-13-9-18(10-14-23)22-11-3-2-4-12-22/h5-8,15,18H,2-4,9-14H2,1H3. The van der Waals surface area contributed by atoms with Crippen molar-refractivity contribution in [3.8, 4) is 11.3 Å². The van der Waals surface area contributed by atoms with Gasteiger partial charge in [-0.1, -0.05) is 18.6 Å². The van der Waals surface area contributed by atoms with Crippen LogP contribution in [0, 0.1) is 6.92 Å². The van der Waals surface area contributed by atoms with E-state index in [4.69, 9.17) is 4.42 Å². The van der Waals surface area contributed by atoms with Gasteiger partial charge < -0.3 is 9.32 Å². The molecule has 0 amide bonds. The van der Waals surface area contributed by atoms with Crippen LogP contribution in [0.4, 0.5) is 0 Å². The summed E-state index contributed by atoms with van der Waals surface area (Å²) < 4.78 is 32.9. The number of nitrogens with zero attached hydrogens (tertiary/aromatic N) is 3. The highest BCUT2D eigenvalue weighted by Gasteiger charge is 2.32. The Morgan fingerprint density at radius 3 is 2.26 bits per heavy atom. The summed E-state index contributed by atoms with van der Waals surface area (Å²) in [5, 5.41) is 0. The molecule has 0 unspecified atom stereocenters. The topological polar surface area (TPSA) is 66.7 Å². The number of hydrogen-bond acceptors (Lipinski definition) is 5. The number of likely N-dealkylation sites (tertiary alicyclic amines) is 1. The Morgan fingerprint density at radius 2 is 1.67 bits per heavy atom. The number of hydrogen-bond donors (Lipinski definition) is 0. The van der Waals surface area contributed by atoms with E-state index in [1.54, 1.807) is 41.8 Å². The van der Waals surface area contributed by atoms with Gasteiger partial charge in [-0.2, -0.15) is 4.31 Å². The lowest BCUT2D eigenvalue weighted by molar-refractivity contribution is 0.118. The summed E-state index contributed by atoms with van der Waals surface area (Å²) in [7, 11) is -3.44. The second kappa shape index (κ2) is 7.73. The molecule has 2 aromatic rings. The number of rotatable bonds is 4. The van der Waals surface area contributed by atoms with Gasteiger partial charge in [0.25, 0.3) is 0 Å². The molecule has 7 heteroatoms. The smallest absolute Gasteiger partial charge is 0.243 e. The number of oxazole rings is 1. The highest BCUT2D eigenvalue weighted by Crippen LogP contribution is 2.26. The molecule has 146 valence electrons. The minimum absolute atomic E-state index is 0.350. The number of benzene rings is 1. The lowest BCUT2D eigenvalue weighted by Gasteiger charge is -2.39. The third kappa shape index (κ3) is 3.95. The number of aromatic nitrogens is 1. The molecule has 2 aliphatic rings. The first-order chi connectivity index (χ1) is 13.0. The van der Waals surface area contributed by atoms with Gasteiger partial charge in [0.15, 0.2) is 5.89 Å². The van der Waals surface area contributed by atoms with Gasteiger partial charge >= 0.3 is 0 Å². The van der Waals surface area contributed by atoms with E-state index in [1.165, 1.54) is 32.4 Å². The van der Waals surface area contributed by atoms with Gasteiger partial charge in [-0.25, -0.2) is 13.4 Å². The fraction of sp³-hybridized carbons (Fsp3) is 0.550. The minimum atomic E-state index is -3.44. The number of piperidine rings is 2. The molecule has 2 aliphatic heterocycles. The van der Waals surface area contributed by atoms with Crippen LogP contribution in [-0.2, 0) is 10.0 Å². The van der Waals surface area contributed by atoms with Crippen molar-refractivity contribution in [1.29, 1.82) is 0 Å². The number of aryl methyl sites for hydroxylation is 1. The average molecular weight is 390 g/mol. The first-order valence-electron chi connectivity index (χ1n) is 9.81. The van der Waals surface area contributed by atoms with E-state index in [1.807, 2.05) is 0 Å². The van der Waals surface area contributed by atoms with Crippen molar-refractivity contribution in [2.75, 3.05) is 26.2 Å². The largest absolute Gasteiger partial charge is 0.449 e. The highest BCUT2D eigenvalue weighted by molar-refractivity contribution is 7.89. The molecular formula is C20H27N3O3S. The molecule has 0 spiro atoms. The fourth-order valence-corrected chi connectivity index (χ4v) is 5.64. The quantitative estimate of drug-likeness (QED) is 0.803. The first kappa shape index (κ1) is 18.7. The van der Waals surface area contributed by atoms with Gasteiger partial charge in [0.1, 0.15) is 12.0 Å². The van der Waals surface area contributed by atoms with Crippen LogP contribution >= 0.6 is 0 Å². The van der Waals surface area contributed by atoms with Crippen LogP contribution in [-0.4, -0.2) is 54.8 Å². The van der Waals surface area contributed by atoms with E-state index in [0.717, 1.165) is 24.1 Å². The molecular weight excluding hydrogens is 362 g/mol. The Bertz CT molecular complexity index is 862. The Labute approximate surface area is 161 Å². The maximum absolute atomic E-state index is 13.0. The summed E-state index contributed by atoms with van der Waals surface area (Å²) in [6.07, 6.45) is 7.31. The third-order valence-corrected chi connectivity index (χ3v) is 7.65.